The molecule has 0 aromatic rings. The summed E-state index contributed by atoms with van der Waals surface area (Å²) in [6.45, 7) is 7.70. The van der Waals surface area contributed by atoms with E-state index in [0.717, 1.165) is 19.3 Å². The summed E-state index contributed by atoms with van der Waals surface area (Å²) < 4.78 is 0. The molecule has 0 aliphatic carbocycles. The Hall–Kier alpha value is -0.570. The molecule has 0 radical (unpaired) electrons. The maximum absolute atomic E-state index is 12.5. The van der Waals surface area contributed by atoms with Crippen LogP contribution in [0.4, 0.5) is 0 Å². The number of hydrogen-bond acceptors (Lipinski definition) is 2. The van der Waals surface area contributed by atoms with Crippen LogP contribution in [0.2, 0.25) is 0 Å². The minimum absolute atomic E-state index is 0.174. The van der Waals surface area contributed by atoms with E-state index in [1.54, 1.807) is 0 Å². The van der Waals surface area contributed by atoms with Gasteiger partial charge >= 0.3 is 0 Å². The Morgan fingerprint density at radius 2 is 1.11 bits per heavy atom. The molecular weight excluding hydrogens is 332 g/mol. The number of unbranched alkanes of at least 4 members (excludes halogenated alkanes) is 13. The van der Waals surface area contributed by atoms with Gasteiger partial charge in [-0.2, -0.15) is 0 Å². The lowest BCUT2D eigenvalue weighted by Gasteiger charge is -2.30. The topological polar surface area (TPSA) is 55.1 Å². The Morgan fingerprint density at radius 3 is 1.48 bits per heavy atom. The summed E-state index contributed by atoms with van der Waals surface area (Å²) in [6.07, 6.45) is 22.2. The van der Waals surface area contributed by atoms with Crippen molar-refractivity contribution in [2.24, 2.45) is 11.1 Å². The van der Waals surface area contributed by atoms with Crippen molar-refractivity contribution in [3.63, 3.8) is 0 Å². The molecule has 162 valence electrons. The highest BCUT2D eigenvalue weighted by atomic mass is 16.2. The first-order valence-electron chi connectivity index (χ1n) is 12.1. The number of carbonyl (C=O) groups is 1. The molecule has 0 unspecified atom stereocenters. The van der Waals surface area contributed by atoms with Gasteiger partial charge in [0.2, 0.25) is 5.91 Å². The van der Waals surface area contributed by atoms with Crippen LogP contribution < -0.4 is 11.1 Å². The highest BCUT2D eigenvalue weighted by Gasteiger charge is 2.33. The van der Waals surface area contributed by atoms with Gasteiger partial charge < -0.3 is 11.1 Å². The van der Waals surface area contributed by atoms with Gasteiger partial charge in [-0.1, -0.05) is 111 Å². The lowest BCUT2D eigenvalue weighted by Crippen LogP contribution is -2.42. The third-order valence-electron chi connectivity index (χ3n) is 6.27. The molecule has 0 spiro atoms. The first-order valence-corrected chi connectivity index (χ1v) is 12.1. The minimum atomic E-state index is -0.174. The SMILES string of the molecule is CCCCCCCCCCCCCCCCC(CC)(CC)C(=O)NCCN. The molecule has 0 bridgehead atoms. The van der Waals surface area contributed by atoms with Crippen LogP contribution in [0, 0.1) is 5.41 Å². The molecule has 0 saturated carbocycles. The predicted octanol–water partition coefficient (Wildman–Crippen LogP) is 6.74. The van der Waals surface area contributed by atoms with Crippen LogP contribution in [-0.2, 0) is 4.79 Å². The van der Waals surface area contributed by atoms with Gasteiger partial charge in [-0.15, -0.1) is 0 Å². The highest BCUT2D eigenvalue weighted by molar-refractivity contribution is 5.82. The minimum Gasteiger partial charge on any atom is -0.354 e. The van der Waals surface area contributed by atoms with E-state index >= 15 is 0 Å². The molecule has 0 aliphatic heterocycles. The van der Waals surface area contributed by atoms with Crippen molar-refractivity contribution in [1.29, 1.82) is 0 Å². The molecule has 0 aromatic carbocycles. The van der Waals surface area contributed by atoms with Gasteiger partial charge in [-0.05, 0) is 19.3 Å². The number of nitrogens with two attached hydrogens (primary N) is 1. The van der Waals surface area contributed by atoms with Crippen molar-refractivity contribution in [2.75, 3.05) is 13.1 Å². The van der Waals surface area contributed by atoms with Crippen LogP contribution in [0.1, 0.15) is 130 Å². The molecule has 27 heavy (non-hydrogen) atoms. The average Bonchev–Trinajstić information content (AvgIpc) is 2.69. The third kappa shape index (κ3) is 13.3. The molecular formula is C24H50N2O. The first-order chi connectivity index (χ1) is 13.2. The van der Waals surface area contributed by atoms with Crippen molar-refractivity contribution in [3.8, 4) is 0 Å². The quantitative estimate of drug-likeness (QED) is 0.229. The van der Waals surface area contributed by atoms with Crippen molar-refractivity contribution in [3.05, 3.63) is 0 Å². The van der Waals surface area contributed by atoms with Crippen LogP contribution in [0.25, 0.3) is 0 Å². The fourth-order valence-electron chi connectivity index (χ4n) is 4.07. The van der Waals surface area contributed by atoms with E-state index in [2.05, 4.69) is 26.1 Å². The molecule has 3 heteroatoms. The van der Waals surface area contributed by atoms with E-state index in [1.807, 2.05) is 0 Å². The normalized spacial score (nSPS) is 11.7. The number of rotatable bonds is 20. The predicted molar refractivity (Wildman–Crippen MR) is 120 cm³/mol. The van der Waals surface area contributed by atoms with E-state index in [-0.39, 0.29) is 11.3 Å². The zero-order chi connectivity index (χ0) is 20.2. The zero-order valence-corrected chi connectivity index (χ0v) is 18.9. The van der Waals surface area contributed by atoms with E-state index < -0.39 is 0 Å². The fraction of sp³-hybridized carbons (Fsp3) is 0.958. The van der Waals surface area contributed by atoms with Gasteiger partial charge in [0.05, 0.1) is 0 Å². The number of hydrogen-bond donors (Lipinski definition) is 2. The molecule has 3 N–H and O–H groups in total. The van der Waals surface area contributed by atoms with Crippen molar-refractivity contribution in [1.82, 2.24) is 5.32 Å². The molecule has 1 amide bonds. The first kappa shape index (κ1) is 26.4. The molecule has 0 fully saturated rings. The lowest BCUT2D eigenvalue weighted by atomic mass is 9.76. The molecule has 3 nitrogen and oxygen atoms in total. The van der Waals surface area contributed by atoms with E-state index in [1.165, 1.54) is 89.9 Å². The second-order valence-corrected chi connectivity index (χ2v) is 8.38. The Labute approximate surface area is 170 Å². The van der Waals surface area contributed by atoms with Gasteiger partial charge in [0, 0.05) is 18.5 Å². The van der Waals surface area contributed by atoms with Crippen LogP contribution >= 0.6 is 0 Å². The largest absolute Gasteiger partial charge is 0.354 e. The number of nitrogens with one attached hydrogen (secondary N) is 1. The molecule has 0 rings (SSSR count). The van der Waals surface area contributed by atoms with E-state index in [4.69, 9.17) is 5.73 Å². The summed E-state index contributed by atoms with van der Waals surface area (Å²) in [5.74, 6) is 0.215. The smallest absolute Gasteiger partial charge is 0.226 e. The monoisotopic (exact) mass is 382 g/mol. The standard InChI is InChI=1S/C24H50N2O/c1-4-7-8-9-10-11-12-13-14-15-16-17-18-19-20-24(5-2,6-3)23(27)26-22-21-25/h4-22,25H2,1-3H3,(H,26,27). The number of carbonyl (C=O) groups excluding carboxylic acids is 1. The second-order valence-electron chi connectivity index (χ2n) is 8.38. The van der Waals surface area contributed by atoms with Gasteiger partial charge in [0.25, 0.3) is 0 Å². The Kier molecular flexibility index (Phi) is 18.4. The van der Waals surface area contributed by atoms with Crippen molar-refractivity contribution in [2.45, 2.75) is 130 Å². The van der Waals surface area contributed by atoms with Crippen molar-refractivity contribution < 1.29 is 4.79 Å². The summed E-state index contributed by atoms with van der Waals surface area (Å²) >= 11 is 0. The fourth-order valence-corrected chi connectivity index (χ4v) is 4.07. The maximum Gasteiger partial charge on any atom is 0.226 e. The average molecular weight is 383 g/mol. The molecule has 0 aromatic heterocycles. The molecule has 0 heterocycles. The zero-order valence-electron chi connectivity index (χ0n) is 18.9. The summed E-state index contributed by atoms with van der Waals surface area (Å²) in [7, 11) is 0. The Morgan fingerprint density at radius 1 is 0.704 bits per heavy atom. The van der Waals surface area contributed by atoms with Gasteiger partial charge in [-0.3, -0.25) is 4.79 Å². The maximum atomic E-state index is 12.5. The van der Waals surface area contributed by atoms with Gasteiger partial charge in [0.1, 0.15) is 0 Å². The van der Waals surface area contributed by atoms with Gasteiger partial charge in [-0.25, -0.2) is 0 Å². The molecule has 0 atom stereocenters. The second kappa shape index (κ2) is 18.8. The summed E-state index contributed by atoms with van der Waals surface area (Å²) in [5.41, 5.74) is 5.34. The highest BCUT2D eigenvalue weighted by Crippen LogP contribution is 2.33. The third-order valence-corrected chi connectivity index (χ3v) is 6.27. The lowest BCUT2D eigenvalue weighted by molar-refractivity contribution is -0.132. The van der Waals surface area contributed by atoms with E-state index in [9.17, 15) is 4.79 Å². The Balaban J connectivity index is 3.61. The summed E-state index contributed by atoms with van der Waals surface area (Å²) in [5, 5.41) is 3.01. The van der Waals surface area contributed by atoms with Crippen LogP contribution in [0.3, 0.4) is 0 Å². The summed E-state index contributed by atoms with van der Waals surface area (Å²) in [4.78, 5) is 12.5. The number of amides is 1. The van der Waals surface area contributed by atoms with Crippen LogP contribution in [-0.4, -0.2) is 19.0 Å². The molecule has 0 saturated heterocycles. The van der Waals surface area contributed by atoms with E-state index in [0.29, 0.717) is 13.1 Å². The van der Waals surface area contributed by atoms with Crippen LogP contribution in [0.15, 0.2) is 0 Å². The van der Waals surface area contributed by atoms with Crippen LogP contribution in [0.5, 0.6) is 0 Å². The summed E-state index contributed by atoms with van der Waals surface area (Å²) in [6, 6.07) is 0. The van der Waals surface area contributed by atoms with Gasteiger partial charge in [0.15, 0.2) is 0 Å². The molecule has 0 aliphatic rings. The Bertz CT molecular complexity index is 326. The van der Waals surface area contributed by atoms with Crippen molar-refractivity contribution >= 4 is 5.91 Å².